The number of amides is 1. The van der Waals surface area contributed by atoms with Crippen LogP contribution < -0.4 is 11.1 Å². The Hall–Kier alpha value is -1.81. The highest BCUT2D eigenvalue weighted by molar-refractivity contribution is 5.96. The third-order valence-electron chi connectivity index (χ3n) is 2.16. The van der Waals surface area contributed by atoms with Gasteiger partial charge in [-0.05, 0) is 37.7 Å². The Morgan fingerprint density at radius 1 is 1.56 bits per heavy atom. The average Bonchev–Trinajstić information content (AvgIpc) is 2.26. The van der Waals surface area contributed by atoms with E-state index in [2.05, 4.69) is 5.32 Å². The van der Waals surface area contributed by atoms with Gasteiger partial charge in [-0.1, -0.05) is 18.2 Å². The summed E-state index contributed by atoms with van der Waals surface area (Å²) in [5.74, 6) is -0.706. The van der Waals surface area contributed by atoms with Crippen molar-refractivity contribution in [1.29, 1.82) is 0 Å². The summed E-state index contributed by atoms with van der Waals surface area (Å²) in [5, 5.41) is 12.4. The molecule has 4 nitrogen and oxygen atoms in total. The largest absolute Gasteiger partial charge is 0.507 e. The lowest BCUT2D eigenvalue weighted by molar-refractivity contribution is 0.0998. The third kappa shape index (κ3) is 3.40. The fourth-order valence-electron chi connectivity index (χ4n) is 1.30. The van der Waals surface area contributed by atoms with E-state index in [1.807, 2.05) is 19.2 Å². The Kier molecular flexibility index (Phi) is 4.54. The quantitative estimate of drug-likeness (QED) is 0.651. The molecule has 0 saturated carbocycles. The lowest BCUT2D eigenvalue weighted by Crippen LogP contribution is -2.11. The SMILES string of the molecule is CNCCC=Cc1ccc(O)c(C(N)=O)c1. The number of carbonyl (C=O) groups is 1. The molecule has 86 valence electrons. The summed E-state index contributed by atoms with van der Waals surface area (Å²) >= 11 is 0. The topological polar surface area (TPSA) is 75.3 Å². The van der Waals surface area contributed by atoms with E-state index in [-0.39, 0.29) is 11.3 Å². The summed E-state index contributed by atoms with van der Waals surface area (Å²) in [5.41, 5.74) is 6.13. The Bertz CT molecular complexity index is 400. The smallest absolute Gasteiger partial charge is 0.252 e. The van der Waals surface area contributed by atoms with Gasteiger partial charge in [-0.15, -0.1) is 0 Å². The highest BCUT2D eigenvalue weighted by atomic mass is 16.3. The Balaban J connectivity index is 2.78. The Morgan fingerprint density at radius 3 is 2.94 bits per heavy atom. The third-order valence-corrected chi connectivity index (χ3v) is 2.16. The molecule has 1 aromatic carbocycles. The normalized spacial score (nSPS) is 10.8. The molecule has 0 spiro atoms. The molecule has 0 aromatic heterocycles. The number of nitrogens with two attached hydrogens (primary N) is 1. The monoisotopic (exact) mass is 220 g/mol. The summed E-state index contributed by atoms with van der Waals surface area (Å²) in [6.07, 6.45) is 4.79. The molecule has 1 rings (SSSR count). The van der Waals surface area contributed by atoms with E-state index < -0.39 is 5.91 Å². The van der Waals surface area contributed by atoms with E-state index in [0.717, 1.165) is 18.5 Å². The van der Waals surface area contributed by atoms with Crippen LogP contribution in [0, 0.1) is 0 Å². The lowest BCUT2D eigenvalue weighted by atomic mass is 10.1. The maximum absolute atomic E-state index is 11.0. The van der Waals surface area contributed by atoms with Gasteiger partial charge in [-0.25, -0.2) is 0 Å². The first-order valence-corrected chi connectivity index (χ1v) is 5.09. The average molecular weight is 220 g/mol. The van der Waals surface area contributed by atoms with E-state index in [1.165, 1.54) is 6.07 Å². The number of aromatic hydroxyl groups is 1. The van der Waals surface area contributed by atoms with Crippen LogP contribution in [0.15, 0.2) is 24.3 Å². The number of hydrogen-bond acceptors (Lipinski definition) is 3. The molecule has 16 heavy (non-hydrogen) atoms. The van der Waals surface area contributed by atoms with Crippen molar-refractivity contribution in [2.75, 3.05) is 13.6 Å². The van der Waals surface area contributed by atoms with Crippen LogP contribution in [0.25, 0.3) is 6.08 Å². The molecule has 0 unspecified atom stereocenters. The van der Waals surface area contributed by atoms with Gasteiger partial charge in [0.2, 0.25) is 0 Å². The maximum atomic E-state index is 11.0. The van der Waals surface area contributed by atoms with Gasteiger partial charge < -0.3 is 16.2 Å². The summed E-state index contributed by atoms with van der Waals surface area (Å²) in [6, 6.07) is 4.78. The van der Waals surface area contributed by atoms with E-state index in [0.29, 0.717) is 0 Å². The van der Waals surface area contributed by atoms with Crippen LogP contribution in [-0.2, 0) is 0 Å². The maximum Gasteiger partial charge on any atom is 0.252 e. The number of nitrogens with one attached hydrogen (secondary N) is 1. The molecule has 0 fully saturated rings. The van der Waals surface area contributed by atoms with Crippen LogP contribution in [-0.4, -0.2) is 24.6 Å². The first kappa shape index (κ1) is 12.3. The number of rotatable bonds is 5. The van der Waals surface area contributed by atoms with Crippen LogP contribution in [0.4, 0.5) is 0 Å². The zero-order valence-electron chi connectivity index (χ0n) is 9.23. The van der Waals surface area contributed by atoms with Crippen LogP contribution in [0.5, 0.6) is 5.75 Å². The van der Waals surface area contributed by atoms with Crippen molar-refractivity contribution in [3.05, 3.63) is 35.4 Å². The van der Waals surface area contributed by atoms with Crippen molar-refractivity contribution >= 4 is 12.0 Å². The van der Waals surface area contributed by atoms with Crippen molar-refractivity contribution in [3.8, 4) is 5.75 Å². The number of primary amides is 1. The zero-order valence-corrected chi connectivity index (χ0v) is 9.23. The molecule has 0 radical (unpaired) electrons. The molecule has 0 saturated heterocycles. The van der Waals surface area contributed by atoms with Crippen molar-refractivity contribution in [2.24, 2.45) is 5.73 Å². The molecule has 1 aromatic rings. The second-order valence-corrected chi connectivity index (χ2v) is 3.44. The highest BCUT2D eigenvalue weighted by Crippen LogP contribution is 2.18. The Morgan fingerprint density at radius 2 is 2.31 bits per heavy atom. The minimum absolute atomic E-state index is 0.0834. The number of benzene rings is 1. The van der Waals surface area contributed by atoms with E-state index in [4.69, 9.17) is 5.73 Å². The summed E-state index contributed by atoms with van der Waals surface area (Å²) in [6.45, 7) is 0.900. The van der Waals surface area contributed by atoms with Gasteiger partial charge in [0.1, 0.15) is 5.75 Å². The molecule has 1 amide bonds. The Labute approximate surface area is 94.8 Å². The molecule has 0 bridgehead atoms. The fourth-order valence-corrected chi connectivity index (χ4v) is 1.30. The molecule has 0 aliphatic heterocycles. The van der Waals surface area contributed by atoms with Crippen LogP contribution >= 0.6 is 0 Å². The van der Waals surface area contributed by atoms with E-state index in [1.54, 1.807) is 12.1 Å². The summed E-state index contributed by atoms with van der Waals surface area (Å²) < 4.78 is 0. The van der Waals surface area contributed by atoms with Gasteiger partial charge in [0.25, 0.3) is 5.91 Å². The van der Waals surface area contributed by atoms with E-state index in [9.17, 15) is 9.90 Å². The molecule has 0 aliphatic rings. The summed E-state index contributed by atoms with van der Waals surface area (Å²) in [4.78, 5) is 11.0. The van der Waals surface area contributed by atoms with E-state index >= 15 is 0 Å². The van der Waals surface area contributed by atoms with Crippen molar-refractivity contribution in [3.63, 3.8) is 0 Å². The zero-order chi connectivity index (χ0) is 12.0. The second-order valence-electron chi connectivity index (χ2n) is 3.44. The highest BCUT2D eigenvalue weighted by Gasteiger charge is 2.06. The summed E-state index contributed by atoms with van der Waals surface area (Å²) in [7, 11) is 1.89. The van der Waals surface area contributed by atoms with Gasteiger partial charge in [0.05, 0.1) is 5.56 Å². The first-order chi connectivity index (χ1) is 7.65. The van der Waals surface area contributed by atoms with Gasteiger partial charge >= 0.3 is 0 Å². The molecule has 0 heterocycles. The van der Waals surface area contributed by atoms with Gasteiger partial charge in [0, 0.05) is 0 Å². The van der Waals surface area contributed by atoms with Gasteiger partial charge in [-0.3, -0.25) is 4.79 Å². The minimum atomic E-state index is -0.622. The number of carbonyl (C=O) groups excluding carboxylic acids is 1. The van der Waals surface area contributed by atoms with Crippen molar-refractivity contribution < 1.29 is 9.90 Å². The van der Waals surface area contributed by atoms with Crippen LogP contribution in [0.2, 0.25) is 0 Å². The van der Waals surface area contributed by atoms with Gasteiger partial charge in [-0.2, -0.15) is 0 Å². The first-order valence-electron chi connectivity index (χ1n) is 5.09. The minimum Gasteiger partial charge on any atom is -0.507 e. The lowest BCUT2D eigenvalue weighted by Gasteiger charge is -2.01. The molecule has 4 N–H and O–H groups in total. The predicted molar refractivity (Wildman–Crippen MR) is 64.2 cm³/mol. The van der Waals surface area contributed by atoms with Crippen molar-refractivity contribution in [2.45, 2.75) is 6.42 Å². The van der Waals surface area contributed by atoms with Crippen LogP contribution in [0.3, 0.4) is 0 Å². The number of phenols is 1. The number of hydrogen-bond donors (Lipinski definition) is 3. The van der Waals surface area contributed by atoms with Gasteiger partial charge in [0.15, 0.2) is 0 Å². The molecule has 4 heteroatoms. The molecule has 0 aliphatic carbocycles. The predicted octanol–water partition coefficient (Wildman–Crippen LogP) is 1.11. The molecular formula is C12H16N2O2. The molecule has 0 atom stereocenters. The van der Waals surface area contributed by atoms with Crippen molar-refractivity contribution in [1.82, 2.24) is 5.32 Å². The fraction of sp³-hybridized carbons (Fsp3) is 0.250. The second kappa shape index (κ2) is 5.92. The van der Waals surface area contributed by atoms with Crippen LogP contribution in [0.1, 0.15) is 22.3 Å². The molecular weight excluding hydrogens is 204 g/mol. The standard InChI is InChI=1S/C12H16N2O2/c1-14-7-3-2-4-9-5-6-11(15)10(8-9)12(13)16/h2,4-6,8,14-15H,3,7H2,1H3,(H2,13,16).